The number of ether oxygens (including phenoxy) is 1. The van der Waals surface area contributed by atoms with E-state index in [1.165, 1.54) is 5.69 Å². The molecule has 1 atom stereocenters. The van der Waals surface area contributed by atoms with Gasteiger partial charge in [0, 0.05) is 50.7 Å². The van der Waals surface area contributed by atoms with Gasteiger partial charge >= 0.3 is 0 Å². The maximum Gasteiger partial charge on any atom is 0.193 e. The molecule has 7 heteroatoms. The normalized spacial score (nSPS) is 12.9. The van der Waals surface area contributed by atoms with Crippen LogP contribution >= 0.6 is 39.9 Å². The summed E-state index contributed by atoms with van der Waals surface area (Å²) in [7, 11) is 5.93. The Morgan fingerprint density at radius 3 is 2.58 bits per heavy atom. The Bertz CT molecular complexity index is 505. The molecule has 1 heterocycles. The predicted octanol–water partition coefficient (Wildman–Crippen LogP) is 3.86. The van der Waals surface area contributed by atoms with Crippen molar-refractivity contribution in [2.24, 2.45) is 18.0 Å². The lowest BCUT2D eigenvalue weighted by Crippen LogP contribution is -2.40. The highest BCUT2D eigenvalue weighted by Crippen LogP contribution is 2.15. The van der Waals surface area contributed by atoms with E-state index in [0.29, 0.717) is 12.0 Å². The number of nitrogens with zero attached hydrogens (tertiary/aromatic N) is 3. The topological polar surface area (TPSA) is 41.8 Å². The number of nitrogens with one attached hydrogen (secondary N) is 1. The maximum absolute atomic E-state index is 5.79. The molecule has 1 aromatic heterocycles. The second kappa shape index (κ2) is 12.1. The second-order valence-electron chi connectivity index (χ2n) is 6.12. The average Bonchev–Trinajstić information content (AvgIpc) is 2.79. The molecule has 0 fully saturated rings. The van der Waals surface area contributed by atoms with Crippen molar-refractivity contribution in [3.8, 4) is 0 Å². The molecule has 0 amide bonds. The summed E-state index contributed by atoms with van der Waals surface area (Å²) >= 11 is 3.51. The summed E-state index contributed by atoms with van der Waals surface area (Å²) in [5.41, 5.74) is 1.23. The van der Waals surface area contributed by atoms with Crippen LogP contribution < -0.4 is 5.32 Å². The predicted molar refractivity (Wildman–Crippen MR) is 116 cm³/mol. The monoisotopic (exact) mass is 514 g/mol. The van der Waals surface area contributed by atoms with E-state index in [1.54, 1.807) is 0 Å². The van der Waals surface area contributed by atoms with Crippen molar-refractivity contribution >= 4 is 45.9 Å². The van der Waals surface area contributed by atoms with E-state index in [2.05, 4.69) is 75.9 Å². The van der Waals surface area contributed by atoms with Crippen molar-refractivity contribution in [2.75, 3.05) is 27.2 Å². The minimum absolute atomic E-state index is 0. The summed E-state index contributed by atoms with van der Waals surface area (Å²) in [4.78, 5) is 6.51. The van der Waals surface area contributed by atoms with Crippen LogP contribution in [0, 0.1) is 5.92 Å². The Labute approximate surface area is 172 Å². The maximum atomic E-state index is 5.79. The third kappa shape index (κ3) is 7.74. The largest absolute Gasteiger partial charge is 0.378 e. The molecule has 1 aromatic rings. The van der Waals surface area contributed by atoms with Gasteiger partial charge in [-0.1, -0.05) is 13.8 Å². The Morgan fingerprint density at radius 2 is 2.12 bits per heavy atom. The van der Waals surface area contributed by atoms with Crippen LogP contribution in [-0.2, 0) is 18.3 Å². The van der Waals surface area contributed by atoms with Crippen LogP contribution in [0.15, 0.2) is 21.7 Å². The zero-order valence-corrected chi connectivity index (χ0v) is 19.6. The number of aryl methyl sites for hydroxylation is 1. The lowest BCUT2D eigenvalue weighted by atomic mass is 10.0. The third-order valence-corrected chi connectivity index (χ3v) is 4.32. The molecule has 1 rings (SSSR count). The van der Waals surface area contributed by atoms with Gasteiger partial charge in [-0.25, -0.2) is 0 Å². The molecule has 0 aliphatic carbocycles. The SMILES string of the molecule is CCOC(CCNC(=NC)N(C)Cc1cc(Br)cn1C)C(C)C.I. The quantitative estimate of drug-likeness (QED) is 0.325. The number of aromatic nitrogens is 1. The first-order chi connectivity index (χ1) is 10.9. The van der Waals surface area contributed by atoms with Crippen molar-refractivity contribution in [3.05, 3.63) is 22.4 Å². The second-order valence-corrected chi connectivity index (χ2v) is 7.03. The average molecular weight is 515 g/mol. The van der Waals surface area contributed by atoms with E-state index >= 15 is 0 Å². The molecule has 0 aliphatic rings. The van der Waals surface area contributed by atoms with Crippen LogP contribution in [-0.4, -0.2) is 48.8 Å². The van der Waals surface area contributed by atoms with Gasteiger partial charge in [0.05, 0.1) is 12.6 Å². The van der Waals surface area contributed by atoms with Crippen LogP contribution in [0.3, 0.4) is 0 Å². The summed E-state index contributed by atoms with van der Waals surface area (Å²) in [6, 6.07) is 2.13. The first-order valence-corrected chi connectivity index (χ1v) is 9.02. The fourth-order valence-electron chi connectivity index (χ4n) is 2.58. The molecule has 24 heavy (non-hydrogen) atoms. The molecule has 0 aliphatic heterocycles. The lowest BCUT2D eigenvalue weighted by Gasteiger charge is -2.25. The fraction of sp³-hybridized carbons (Fsp3) is 0.706. The molecular formula is C17H32BrIN4O. The van der Waals surface area contributed by atoms with E-state index < -0.39 is 0 Å². The van der Waals surface area contributed by atoms with E-state index in [0.717, 1.165) is 36.5 Å². The number of hydrogen-bond acceptors (Lipinski definition) is 2. The highest BCUT2D eigenvalue weighted by molar-refractivity contribution is 14.0. The summed E-state index contributed by atoms with van der Waals surface area (Å²) < 4.78 is 9.01. The van der Waals surface area contributed by atoms with Gasteiger partial charge < -0.3 is 19.5 Å². The number of aliphatic imine (C=N–C) groups is 1. The molecule has 140 valence electrons. The first-order valence-electron chi connectivity index (χ1n) is 8.23. The Kier molecular flexibility index (Phi) is 12.0. The first kappa shape index (κ1) is 23.7. The smallest absolute Gasteiger partial charge is 0.193 e. The zero-order chi connectivity index (χ0) is 17.4. The third-order valence-electron chi connectivity index (χ3n) is 3.88. The number of hydrogen-bond donors (Lipinski definition) is 1. The molecule has 0 spiro atoms. The summed E-state index contributed by atoms with van der Waals surface area (Å²) in [5, 5.41) is 3.43. The number of guanidine groups is 1. The zero-order valence-electron chi connectivity index (χ0n) is 15.7. The lowest BCUT2D eigenvalue weighted by molar-refractivity contribution is 0.0257. The van der Waals surface area contributed by atoms with Crippen molar-refractivity contribution in [1.29, 1.82) is 0 Å². The fourth-order valence-corrected chi connectivity index (χ4v) is 3.15. The van der Waals surface area contributed by atoms with E-state index in [1.807, 2.05) is 14.0 Å². The van der Waals surface area contributed by atoms with Gasteiger partial charge in [0.15, 0.2) is 5.96 Å². The van der Waals surface area contributed by atoms with E-state index in [9.17, 15) is 0 Å². The van der Waals surface area contributed by atoms with Gasteiger partial charge in [0.25, 0.3) is 0 Å². The van der Waals surface area contributed by atoms with Crippen LogP contribution in [0.25, 0.3) is 0 Å². The van der Waals surface area contributed by atoms with Crippen LogP contribution in [0.1, 0.15) is 32.9 Å². The molecule has 0 bridgehead atoms. The van der Waals surface area contributed by atoms with Crippen LogP contribution in [0.5, 0.6) is 0 Å². The van der Waals surface area contributed by atoms with Crippen LogP contribution in [0.2, 0.25) is 0 Å². The summed E-state index contributed by atoms with van der Waals surface area (Å²) in [6.07, 6.45) is 3.34. The molecule has 5 nitrogen and oxygen atoms in total. The molecular weight excluding hydrogens is 483 g/mol. The molecule has 0 radical (unpaired) electrons. The molecule has 0 saturated heterocycles. The highest BCUT2D eigenvalue weighted by Gasteiger charge is 2.14. The Morgan fingerprint density at radius 1 is 1.46 bits per heavy atom. The van der Waals surface area contributed by atoms with E-state index in [4.69, 9.17) is 4.74 Å². The van der Waals surface area contributed by atoms with Gasteiger partial charge in [-0.2, -0.15) is 0 Å². The van der Waals surface area contributed by atoms with Gasteiger partial charge in [0.2, 0.25) is 0 Å². The standard InChI is InChI=1S/C17H31BrN4O.HI/c1-7-23-16(13(2)3)8-9-20-17(19-4)22(6)12-15-10-14(18)11-21(15)5;/h10-11,13,16H,7-9,12H2,1-6H3,(H,19,20);1H. The van der Waals surface area contributed by atoms with Crippen molar-refractivity contribution in [1.82, 2.24) is 14.8 Å². The number of rotatable bonds is 8. The van der Waals surface area contributed by atoms with E-state index in [-0.39, 0.29) is 24.0 Å². The minimum atomic E-state index is 0. The summed E-state index contributed by atoms with van der Waals surface area (Å²) in [5.74, 6) is 1.43. The highest BCUT2D eigenvalue weighted by atomic mass is 127. The molecule has 1 unspecified atom stereocenters. The van der Waals surface area contributed by atoms with Crippen molar-refractivity contribution in [2.45, 2.75) is 39.8 Å². The Balaban J connectivity index is 0.00000529. The summed E-state index contributed by atoms with van der Waals surface area (Å²) in [6.45, 7) is 8.88. The van der Waals surface area contributed by atoms with Gasteiger partial charge in [-0.15, -0.1) is 24.0 Å². The van der Waals surface area contributed by atoms with Gasteiger partial charge in [-0.3, -0.25) is 4.99 Å². The van der Waals surface area contributed by atoms with Crippen molar-refractivity contribution < 1.29 is 4.74 Å². The Hall–Kier alpha value is -0.280. The van der Waals surface area contributed by atoms with Gasteiger partial charge in [0.1, 0.15) is 0 Å². The van der Waals surface area contributed by atoms with Gasteiger partial charge in [-0.05, 0) is 41.3 Å². The molecule has 0 aromatic carbocycles. The molecule has 0 saturated carbocycles. The minimum Gasteiger partial charge on any atom is -0.378 e. The van der Waals surface area contributed by atoms with Crippen molar-refractivity contribution in [3.63, 3.8) is 0 Å². The molecule has 1 N–H and O–H groups in total. The van der Waals surface area contributed by atoms with Crippen LogP contribution in [0.4, 0.5) is 0 Å². The number of halogens is 2.